The highest BCUT2D eigenvalue weighted by atomic mass is 79.9. The lowest BCUT2D eigenvalue weighted by Crippen LogP contribution is -1.98. The van der Waals surface area contributed by atoms with Crippen molar-refractivity contribution in [2.75, 3.05) is 0 Å². The van der Waals surface area contributed by atoms with Crippen molar-refractivity contribution in [1.29, 1.82) is 0 Å². The molecule has 0 fully saturated rings. The fourth-order valence-corrected chi connectivity index (χ4v) is 1.63. The molecule has 1 aromatic carbocycles. The maximum absolute atomic E-state index is 13.5. The maximum atomic E-state index is 13.5. The quantitative estimate of drug-likeness (QED) is 0.647. The molecule has 2 aromatic rings. The van der Waals surface area contributed by atoms with E-state index in [-0.39, 0.29) is 14.9 Å². The highest BCUT2D eigenvalue weighted by Gasteiger charge is 2.10. The summed E-state index contributed by atoms with van der Waals surface area (Å²) in [5.41, 5.74) is 0.0226. The van der Waals surface area contributed by atoms with Crippen LogP contribution in [0.1, 0.15) is 0 Å². The van der Waals surface area contributed by atoms with E-state index in [0.29, 0.717) is 0 Å². The van der Waals surface area contributed by atoms with Crippen LogP contribution in [0.15, 0.2) is 22.9 Å². The molecule has 3 nitrogen and oxygen atoms in total. The molecule has 1 N–H and O–H groups in total. The second kappa shape index (κ2) is 3.82. The van der Waals surface area contributed by atoms with E-state index in [1.807, 2.05) is 0 Å². The van der Waals surface area contributed by atoms with Crippen molar-refractivity contribution in [3.05, 3.63) is 39.3 Å². The molecule has 0 unspecified atom stereocenters. The van der Waals surface area contributed by atoms with Crippen molar-refractivity contribution < 1.29 is 8.78 Å². The molecule has 0 amide bonds. The molecule has 0 spiro atoms. The van der Waals surface area contributed by atoms with Crippen LogP contribution < -0.4 is 0 Å². The van der Waals surface area contributed by atoms with Gasteiger partial charge >= 0.3 is 0 Å². The molecule has 0 saturated carbocycles. The SMILES string of the molecule is Fc1cc(-n2cn[nH]c2=S)c(F)cc1Br. The molecule has 1 heterocycles. The van der Waals surface area contributed by atoms with Crippen molar-refractivity contribution >= 4 is 28.1 Å². The highest BCUT2D eigenvalue weighted by molar-refractivity contribution is 9.10. The predicted octanol–water partition coefficient (Wildman–Crippen LogP) is 2.97. The molecule has 1 aromatic heterocycles. The minimum atomic E-state index is -0.583. The van der Waals surface area contributed by atoms with Crippen LogP contribution in [0, 0.1) is 16.4 Å². The van der Waals surface area contributed by atoms with E-state index < -0.39 is 11.6 Å². The van der Waals surface area contributed by atoms with Gasteiger partial charge in [-0.3, -0.25) is 9.67 Å². The van der Waals surface area contributed by atoms with Gasteiger partial charge in [-0.2, -0.15) is 5.10 Å². The number of nitrogens with zero attached hydrogens (tertiary/aromatic N) is 2. The monoisotopic (exact) mass is 291 g/mol. The first-order valence-corrected chi connectivity index (χ1v) is 5.06. The van der Waals surface area contributed by atoms with Crippen molar-refractivity contribution in [3.63, 3.8) is 0 Å². The Morgan fingerprint density at radius 2 is 2.07 bits per heavy atom. The molecule has 0 radical (unpaired) electrons. The standard InChI is InChI=1S/C8H4BrF2N3S/c9-4-1-6(11)7(2-5(4)10)14-3-12-13-8(14)15/h1-3H,(H,13,15). The van der Waals surface area contributed by atoms with E-state index in [0.717, 1.165) is 12.1 Å². The van der Waals surface area contributed by atoms with Gasteiger partial charge in [-0.25, -0.2) is 8.78 Å². The van der Waals surface area contributed by atoms with Crippen molar-refractivity contribution in [3.8, 4) is 5.69 Å². The average Bonchev–Trinajstić information content (AvgIpc) is 2.58. The Kier molecular flexibility index (Phi) is 2.66. The van der Waals surface area contributed by atoms with E-state index in [9.17, 15) is 8.78 Å². The van der Waals surface area contributed by atoms with Gasteiger partial charge in [0.05, 0.1) is 10.2 Å². The minimum Gasteiger partial charge on any atom is -0.272 e. The molecule has 0 aliphatic heterocycles. The van der Waals surface area contributed by atoms with Gasteiger partial charge in [0.2, 0.25) is 0 Å². The Morgan fingerprint density at radius 3 is 2.67 bits per heavy atom. The van der Waals surface area contributed by atoms with Crippen LogP contribution in [-0.4, -0.2) is 14.8 Å². The Morgan fingerprint density at radius 1 is 1.33 bits per heavy atom. The van der Waals surface area contributed by atoms with Gasteiger partial charge in [-0.15, -0.1) is 0 Å². The summed E-state index contributed by atoms with van der Waals surface area (Å²) in [6.07, 6.45) is 1.29. The van der Waals surface area contributed by atoms with Crippen molar-refractivity contribution in [2.24, 2.45) is 0 Å². The minimum absolute atomic E-state index is 0.0226. The zero-order chi connectivity index (χ0) is 11.0. The second-order valence-electron chi connectivity index (χ2n) is 2.75. The molecular formula is C8H4BrF2N3S. The Balaban J connectivity index is 2.69. The number of rotatable bonds is 1. The van der Waals surface area contributed by atoms with Gasteiger partial charge in [0, 0.05) is 6.07 Å². The number of H-pyrrole nitrogens is 1. The number of benzene rings is 1. The summed E-state index contributed by atoms with van der Waals surface area (Å²) >= 11 is 7.74. The molecule has 0 saturated heterocycles. The molecule has 0 aliphatic rings. The number of halogens is 3. The van der Waals surface area contributed by atoms with Crippen molar-refractivity contribution in [2.45, 2.75) is 0 Å². The van der Waals surface area contributed by atoms with E-state index >= 15 is 0 Å². The lowest BCUT2D eigenvalue weighted by Gasteiger charge is -2.04. The smallest absolute Gasteiger partial charge is 0.199 e. The Bertz CT molecular complexity index is 563. The van der Waals surface area contributed by atoms with E-state index in [2.05, 4.69) is 26.1 Å². The zero-order valence-electron chi connectivity index (χ0n) is 7.17. The number of nitrogens with one attached hydrogen (secondary N) is 1. The van der Waals surface area contributed by atoms with Crippen LogP contribution in [-0.2, 0) is 0 Å². The number of hydrogen-bond acceptors (Lipinski definition) is 2. The van der Waals surface area contributed by atoms with E-state index in [4.69, 9.17) is 12.2 Å². The summed E-state index contributed by atoms with van der Waals surface area (Å²) < 4.78 is 28.2. The zero-order valence-corrected chi connectivity index (χ0v) is 9.57. The third-order valence-electron chi connectivity index (χ3n) is 1.80. The maximum Gasteiger partial charge on any atom is 0.199 e. The molecule has 78 valence electrons. The molecule has 15 heavy (non-hydrogen) atoms. The van der Waals surface area contributed by atoms with Crippen LogP contribution in [0.2, 0.25) is 0 Å². The van der Waals surface area contributed by atoms with Crippen LogP contribution in [0.3, 0.4) is 0 Å². The molecule has 0 bridgehead atoms. The van der Waals surface area contributed by atoms with Crippen LogP contribution in [0.4, 0.5) is 8.78 Å². The van der Waals surface area contributed by atoms with Gasteiger partial charge in [0.1, 0.15) is 18.0 Å². The molecule has 0 atom stereocenters. The van der Waals surface area contributed by atoms with E-state index in [1.165, 1.54) is 10.9 Å². The summed E-state index contributed by atoms with van der Waals surface area (Å²) in [5.74, 6) is -1.14. The molecule has 0 aliphatic carbocycles. The van der Waals surface area contributed by atoms with Gasteiger partial charge in [-0.1, -0.05) is 0 Å². The fourth-order valence-electron chi connectivity index (χ4n) is 1.12. The highest BCUT2D eigenvalue weighted by Crippen LogP contribution is 2.22. The average molecular weight is 292 g/mol. The Labute approximate surface area is 96.9 Å². The predicted molar refractivity (Wildman–Crippen MR) is 56.4 cm³/mol. The van der Waals surface area contributed by atoms with Crippen molar-refractivity contribution in [1.82, 2.24) is 14.8 Å². The van der Waals surface area contributed by atoms with Crippen LogP contribution in [0.5, 0.6) is 0 Å². The van der Waals surface area contributed by atoms with Gasteiger partial charge in [0.15, 0.2) is 4.77 Å². The lowest BCUT2D eigenvalue weighted by atomic mass is 10.3. The third kappa shape index (κ3) is 1.84. The number of hydrogen-bond donors (Lipinski definition) is 1. The number of aromatic amines is 1. The normalized spacial score (nSPS) is 10.6. The second-order valence-corrected chi connectivity index (χ2v) is 3.99. The first-order chi connectivity index (χ1) is 7.09. The van der Waals surface area contributed by atoms with E-state index in [1.54, 1.807) is 0 Å². The summed E-state index contributed by atoms with van der Waals surface area (Å²) in [5, 5.41) is 6.08. The van der Waals surface area contributed by atoms with Crippen LogP contribution in [0.25, 0.3) is 5.69 Å². The van der Waals surface area contributed by atoms with Gasteiger partial charge < -0.3 is 0 Å². The summed E-state index contributed by atoms with van der Waals surface area (Å²) in [4.78, 5) is 0. The third-order valence-corrected chi connectivity index (χ3v) is 2.70. The first-order valence-electron chi connectivity index (χ1n) is 3.86. The summed E-state index contributed by atoms with van der Waals surface area (Å²) in [7, 11) is 0. The first kappa shape index (κ1) is 10.4. The summed E-state index contributed by atoms with van der Waals surface area (Å²) in [6.45, 7) is 0. The summed E-state index contributed by atoms with van der Waals surface area (Å²) in [6, 6.07) is 2.09. The topological polar surface area (TPSA) is 33.6 Å². The van der Waals surface area contributed by atoms with Gasteiger partial charge in [-0.05, 0) is 34.2 Å². The molecule has 7 heteroatoms. The lowest BCUT2D eigenvalue weighted by molar-refractivity contribution is 0.586. The molecule has 2 rings (SSSR count). The molecular weight excluding hydrogens is 288 g/mol. The fraction of sp³-hybridized carbons (Fsp3) is 0. The number of aromatic nitrogens is 3. The van der Waals surface area contributed by atoms with Crippen LogP contribution >= 0.6 is 28.1 Å². The van der Waals surface area contributed by atoms with Gasteiger partial charge in [0.25, 0.3) is 0 Å². The largest absolute Gasteiger partial charge is 0.272 e. The Hall–Kier alpha value is -1.08.